The van der Waals surface area contributed by atoms with Gasteiger partial charge >= 0.3 is 0 Å². The van der Waals surface area contributed by atoms with Crippen molar-refractivity contribution in [3.05, 3.63) is 181 Å². The number of para-hydroxylation sites is 3. The molecule has 7 aromatic carbocycles. The van der Waals surface area contributed by atoms with Crippen molar-refractivity contribution in [3.63, 3.8) is 0 Å². The van der Waals surface area contributed by atoms with E-state index in [1.807, 2.05) is 6.07 Å². The molecule has 0 unspecified atom stereocenters. The lowest BCUT2D eigenvalue weighted by molar-refractivity contribution is 0.346. The molecule has 0 N–H and O–H groups in total. The van der Waals surface area contributed by atoms with Gasteiger partial charge in [-0.25, -0.2) is 0 Å². The van der Waals surface area contributed by atoms with Crippen LogP contribution in [0.3, 0.4) is 0 Å². The van der Waals surface area contributed by atoms with Crippen molar-refractivity contribution in [1.82, 2.24) is 4.57 Å². The molecule has 0 saturated heterocycles. The summed E-state index contributed by atoms with van der Waals surface area (Å²) < 4.78 is 8.81. The number of furan rings is 1. The zero-order valence-electron chi connectivity index (χ0n) is 28.5. The van der Waals surface area contributed by atoms with E-state index in [9.17, 15) is 0 Å². The maximum atomic E-state index is 6.43. The van der Waals surface area contributed by atoms with Gasteiger partial charge < -0.3 is 13.9 Å². The van der Waals surface area contributed by atoms with Crippen LogP contribution in [0.25, 0.3) is 49.4 Å². The molecule has 3 heteroatoms. The van der Waals surface area contributed by atoms with Crippen LogP contribution < -0.4 is 4.90 Å². The average Bonchev–Trinajstić information content (AvgIpc) is 3.75. The van der Waals surface area contributed by atoms with E-state index in [-0.39, 0.29) is 5.41 Å². The number of benzene rings is 7. The van der Waals surface area contributed by atoms with Crippen LogP contribution in [-0.2, 0) is 5.41 Å². The molecule has 0 amide bonds. The maximum Gasteiger partial charge on any atom is 0.137 e. The highest BCUT2D eigenvalue weighted by atomic mass is 16.3. The second-order valence-corrected chi connectivity index (χ2v) is 14.0. The predicted octanol–water partition coefficient (Wildman–Crippen LogP) is 13.4. The summed E-state index contributed by atoms with van der Waals surface area (Å²) in [5.74, 6) is 0. The fraction of sp³-hybridized carbons (Fsp3) is 0.125. The van der Waals surface area contributed by atoms with Gasteiger partial charge in [0.25, 0.3) is 0 Å². The van der Waals surface area contributed by atoms with Gasteiger partial charge in [-0.3, -0.25) is 0 Å². The molecular weight excluding hydrogens is 621 g/mol. The molecule has 0 spiro atoms. The average molecular weight is 659 g/mol. The lowest BCUT2D eigenvalue weighted by Gasteiger charge is -2.39. The Hall–Kier alpha value is -6.06. The van der Waals surface area contributed by atoms with Gasteiger partial charge in [-0.15, -0.1) is 0 Å². The van der Waals surface area contributed by atoms with Crippen LogP contribution in [0.1, 0.15) is 43.2 Å². The Labute approximate surface area is 298 Å². The summed E-state index contributed by atoms with van der Waals surface area (Å²) in [6.45, 7) is 0. The lowest BCUT2D eigenvalue weighted by Crippen LogP contribution is -2.30. The van der Waals surface area contributed by atoms with Gasteiger partial charge in [0.2, 0.25) is 0 Å². The van der Waals surface area contributed by atoms with Crippen LogP contribution in [0.4, 0.5) is 17.1 Å². The van der Waals surface area contributed by atoms with E-state index in [1.165, 1.54) is 65.0 Å². The Bertz CT molecular complexity index is 2660. The second kappa shape index (κ2) is 12.1. The first-order valence-electron chi connectivity index (χ1n) is 18.2. The first kappa shape index (κ1) is 29.8. The third-order valence-corrected chi connectivity index (χ3v) is 11.3. The summed E-state index contributed by atoms with van der Waals surface area (Å²) in [4.78, 5) is 2.43. The van der Waals surface area contributed by atoms with Crippen LogP contribution in [0.5, 0.6) is 0 Å². The van der Waals surface area contributed by atoms with Crippen LogP contribution >= 0.6 is 0 Å². The van der Waals surface area contributed by atoms with E-state index in [4.69, 9.17) is 4.42 Å². The molecule has 1 aliphatic rings. The predicted molar refractivity (Wildman–Crippen MR) is 213 cm³/mol. The van der Waals surface area contributed by atoms with Crippen molar-refractivity contribution in [2.75, 3.05) is 4.90 Å². The van der Waals surface area contributed by atoms with Crippen LogP contribution in [0.2, 0.25) is 0 Å². The Morgan fingerprint density at radius 2 is 1.10 bits per heavy atom. The molecule has 1 fully saturated rings. The van der Waals surface area contributed by atoms with Crippen LogP contribution in [0.15, 0.2) is 174 Å². The molecule has 2 aromatic heterocycles. The van der Waals surface area contributed by atoms with Gasteiger partial charge in [0.05, 0.1) is 22.1 Å². The third kappa shape index (κ3) is 4.80. The Morgan fingerprint density at radius 1 is 0.471 bits per heavy atom. The largest absolute Gasteiger partial charge is 0.456 e. The van der Waals surface area contributed by atoms with Gasteiger partial charge in [0.1, 0.15) is 11.2 Å². The highest BCUT2D eigenvalue weighted by molar-refractivity contribution is 6.14. The lowest BCUT2D eigenvalue weighted by atomic mass is 9.65. The van der Waals surface area contributed by atoms with E-state index in [0.29, 0.717) is 0 Å². The number of hydrogen-bond donors (Lipinski definition) is 0. The summed E-state index contributed by atoms with van der Waals surface area (Å²) in [6, 6.07) is 61.9. The van der Waals surface area contributed by atoms with E-state index >= 15 is 0 Å². The molecule has 9 aromatic rings. The van der Waals surface area contributed by atoms with Crippen molar-refractivity contribution in [3.8, 4) is 5.69 Å². The smallest absolute Gasteiger partial charge is 0.137 e. The molecule has 51 heavy (non-hydrogen) atoms. The minimum atomic E-state index is 0.0435. The number of aromatic nitrogens is 1. The summed E-state index contributed by atoms with van der Waals surface area (Å²) in [6.07, 6.45) is 6.20. The van der Waals surface area contributed by atoms with Gasteiger partial charge in [-0.2, -0.15) is 0 Å². The fourth-order valence-electron chi connectivity index (χ4n) is 8.91. The summed E-state index contributed by atoms with van der Waals surface area (Å²) in [5.41, 5.74) is 11.6. The molecule has 2 heterocycles. The molecule has 1 aliphatic carbocycles. The standard InChI is InChI=1S/C48H38N2O/c1-4-15-34(16-5-1)48(31-12-3-13-32-48)35-25-27-37(28-26-35)49(44-22-14-24-46-47(44)40-20-9-11-23-45(40)51-46)38-29-30-43-41(33-38)39-19-8-10-21-42(39)50(43)36-17-6-2-7-18-36/h1-2,4-11,14-30,33H,3,12-13,31-32H2. The van der Waals surface area contributed by atoms with Crippen LogP contribution in [0, 0.1) is 0 Å². The minimum absolute atomic E-state index is 0.0435. The monoisotopic (exact) mass is 658 g/mol. The summed E-state index contributed by atoms with van der Waals surface area (Å²) in [7, 11) is 0. The topological polar surface area (TPSA) is 21.3 Å². The Balaban J connectivity index is 1.19. The molecule has 246 valence electrons. The SMILES string of the molecule is c1ccc(-n2c3ccccc3c3cc(N(c4ccc(C5(c6ccccc6)CCCCC5)cc4)c4cccc5oc6ccccc6c45)ccc32)cc1. The number of fused-ring (bicyclic) bond motifs is 6. The Kier molecular flexibility index (Phi) is 7.06. The fourth-order valence-corrected chi connectivity index (χ4v) is 8.91. The highest BCUT2D eigenvalue weighted by Crippen LogP contribution is 2.48. The molecular formula is C48H38N2O. The molecule has 0 radical (unpaired) electrons. The van der Waals surface area contributed by atoms with Crippen molar-refractivity contribution in [2.24, 2.45) is 0 Å². The maximum absolute atomic E-state index is 6.43. The van der Waals surface area contributed by atoms with Crippen molar-refractivity contribution >= 4 is 60.8 Å². The molecule has 1 saturated carbocycles. The van der Waals surface area contributed by atoms with Crippen molar-refractivity contribution in [1.29, 1.82) is 0 Å². The van der Waals surface area contributed by atoms with Crippen molar-refractivity contribution in [2.45, 2.75) is 37.5 Å². The summed E-state index contributed by atoms with van der Waals surface area (Å²) >= 11 is 0. The summed E-state index contributed by atoms with van der Waals surface area (Å²) in [5, 5.41) is 4.71. The normalized spacial score (nSPS) is 14.4. The zero-order chi connectivity index (χ0) is 33.8. The first-order chi connectivity index (χ1) is 25.3. The first-order valence-corrected chi connectivity index (χ1v) is 18.2. The van der Waals surface area contributed by atoms with Gasteiger partial charge in [0.15, 0.2) is 0 Å². The van der Waals surface area contributed by atoms with E-state index in [1.54, 1.807) is 0 Å². The quantitative estimate of drug-likeness (QED) is 0.177. The second-order valence-electron chi connectivity index (χ2n) is 14.0. The number of nitrogens with zero attached hydrogens (tertiary/aromatic N) is 2. The minimum Gasteiger partial charge on any atom is -0.456 e. The molecule has 0 aliphatic heterocycles. The Morgan fingerprint density at radius 3 is 1.90 bits per heavy atom. The van der Waals surface area contributed by atoms with Crippen LogP contribution in [-0.4, -0.2) is 4.57 Å². The number of hydrogen-bond acceptors (Lipinski definition) is 2. The number of rotatable bonds is 6. The third-order valence-electron chi connectivity index (χ3n) is 11.3. The zero-order valence-corrected chi connectivity index (χ0v) is 28.5. The van der Waals surface area contributed by atoms with Gasteiger partial charge in [-0.1, -0.05) is 122 Å². The molecule has 0 atom stereocenters. The number of anilines is 3. The molecule has 10 rings (SSSR count). The molecule has 3 nitrogen and oxygen atoms in total. The van der Waals surface area contributed by atoms with E-state index in [2.05, 4.69) is 173 Å². The van der Waals surface area contributed by atoms with E-state index < -0.39 is 0 Å². The van der Waals surface area contributed by atoms with Crippen molar-refractivity contribution < 1.29 is 4.42 Å². The highest BCUT2D eigenvalue weighted by Gasteiger charge is 2.35. The van der Waals surface area contributed by atoms with Gasteiger partial charge in [0, 0.05) is 38.6 Å². The molecule has 0 bridgehead atoms. The van der Waals surface area contributed by atoms with E-state index in [0.717, 1.165) is 44.7 Å². The van der Waals surface area contributed by atoms with Gasteiger partial charge in [-0.05, 0) is 90.7 Å².